The molecule has 4 rings (SSSR count). The summed E-state index contributed by atoms with van der Waals surface area (Å²) in [6.07, 6.45) is 13.7. The lowest BCUT2D eigenvalue weighted by Gasteiger charge is -2.44. The van der Waals surface area contributed by atoms with Crippen molar-refractivity contribution in [1.29, 1.82) is 0 Å². The number of rotatable bonds is 9. The van der Waals surface area contributed by atoms with E-state index in [-0.39, 0.29) is 4.90 Å². The largest absolute Gasteiger partial charge is 0.393 e. The number of benzene rings is 1. The number of aliphatic hydroxyl groups excluding tert-OH is 1. The van der Waals surface area contributed by atoms with Gasteiger partial charge in [0, 0.05) is 6.04 Å². The van der Waals surface area contributed by atoms with Crippen molar-refractivity contribution in [2.75, 3.05) is 0 Å². The number of hydrogen-bond donors (Lipinski definition) is 3. The third kappa shape index (κ3) is 7.18. The van der Waals surface area contributed by atoms with E-state index >= 15 is 0 Å². The molecular weight excluding hydrogens is 518 g/mol. The van der Waals surface area contributed by atoms with E-state index in [2.05, 4.69) is 37.3 Å². The van der Waals surface area contributed by atoms with Crippen molar-refractivity contribution in [2.24, 2.45) is 23.2 Å². The van der Waals surface area contributed by atoms with Crippen LogP contribution in [0.4, 0.5) is 0 Å². The van der Waals surface area contributed by atoms with Crippen LogP contribution >= 0.6 is 0 Å². The molecule has 3 aliphatic rings. The first-order valence-corrected chi connectivity index (χ1v) is 16.8. The van der Waals surface area contributed by atoms with Crippen LogP contribution in [0.5, 0.6) is 0 Å². The number of nitrogens with one attached hydrogen (secondary N) is 1. The molecule has 6 heteroatoms. The Morgan fingerprint density at radius 3 is 2.58 bits per heavy atom. The summed E-state index contributed by atoms with van der Waals surface area (Å²) in [5.74, 6) is 1.91. The maximum Gasteiger partial charge on any atom is 0.241 e. The van der Waals surface area contributed by atoms with Crippen LogP contribution in [0.2, 0.25) is 0 Å². The molecule has 3 aliphatic carbocycles. The second-order valence-corrected chi connectivity index (χ2v) is 15.5. The van der Waals surface area contributed by atoms with E-state index in [1.807, 2.05) is 20.8 Å². The number of aryl methyl sites for hydroxylation is 1. The number of hydrogen-bond acceptors (Lipinski definition) is 4. The van der Waals surface area contributed by atoms with Crippen LogP contribution in [0.3, 0.4) is 0 Å². The molecule has 1 aromatic rings. The van der Waals surface area contributed by atoms with Crippen LogP contribution in [0, 0.1) is 30.1 Å². The van der Waals surface area contributed by atoms with Crippen LogP contribution < -0.4 is 4.72 Å². The summed E-state index contributed by atoms with van der Waals surface area (Å²) < 4.78 is 28.9. The fourth-order valence-electron chi connectivity index (χ4n) is 7.85. The fraction of sp³-hybridized carbons (Fsp3) is 0.647. The Kier molecular flexibility index (Phi) is 9.56. The van der Waals surface area contributed by atoms with Gasteiger partial charge in [-0.1, -0.05) is 68.7 Å². The number of fused-ring (bicyclic) bond motifs is 1. The number of sulfonamides is 1. The summed E-state index contributed by atoms with van der Waals surface area (Å²) in [5, 5.41) is 20.8. The van der Waals surface area contributed by atoms with E-state index in [1.165, 1.54) is 31.3 Å². The maximum atomic E-state index is 13.1. The predicted molar refractivity (Wildman–Crippen MR) is 163 cm³/mol. The van der Waals surface area contributed by atoms with Crippen molar-refractivity contribution in [3.05, 3.63) is 65.3 Å². The molecular formula is C34H51NO4S. The van der Waals surface area contributed by atoms with Crippen molar-refractivity contribution in [3.63, 3.8) is 0 Å². The van der Waals surface area contributed by atoms with Crippen LogP contribution in [0.25, 0.3) is 0 Å². The van der Waals surface area contributed by atoms with E-state index in [1.54, 1.807) is 24.3 Å². The van der Waals surface area contributed by atoms with Gasteiger partial charge in [-0.2, -0.15) is 0 Å². The lowest BCUT2D eigenvalue weighted by atomic mass is 9.60. The Morgan fingerprint density at radius 1 is 1.20 bits per heavy atom. The van der Waals surface area contributed by atoms with Crippen molar-refractivity contribution in [3.8, 4) is 0 Å². The number of allylic oxidation sites excluding steroid dienone is 3. The molecule has 0 spiro atoms. The average Bonchev–Trinajstić information content (AvgIpc) is 3.22. The molecule has 0 saturated heterocycles. The molecule has 40 heavy (non-hydrogen) atoms. The summed E-state index contributed by atoms with van der Waals surface area (Å²) in [4.78, 5) is 0.227. The van der Waals surface area contributed by atoms with Gasteiger partial charge < -0.3 is 10.2 Å². The minimum Gasteiger partial charge on any atom is -0.393 e. The molecule has 6 atom stereocenters. The highest BCUT2D eigenvalue weighted by atomic mass is 32.2. The Labute approximate surface area is 242 Å². The molecule has 222 valence electrons. The van der Waals surface area contributed by atoms with Crippen LogP contribution in [-0.4, -0.2) is 36.4 Å². The van der Waals surface area contributed by atoms with E-state index in [0.717, 1.165) is 42.4 Å². The molecule has 1 aromatic carbocycles. The standard InChI is InChI=1S/C34H51NO4S/c1-23-11-15-29(16-12-23)40(38,39)35-32-22-28(36)21-27(25(32)3)14-13-26-10-8-20-34(6)30(17-18-31(26)34)24(2)9-7-19-33(4,5)37/h11-16,24,28,30-32,35-37H,3,7-10,17-22H2,1-2,4-6H3/b26-13+,27-14-/t24-,28-,30-,31+,32+,34-/m1/s1. The third-order valence-corrected chi connectivity index (χ3v) is 11.6. The maximum absolute atomic E-state index is 13.1. The Morgan fingerprint density at radius 2 is 1.90 bits per heavy atom. The molecule has 0 radical (unpaired) electrons. The van der Waals surface area contributed by atoms with E-state index < -0.39 is 27.8 Å². The van der Waals surface area contributed by atoms with Crippen LogP contribution in [0.15, 0.2) is 64.6 Å². The van der Waals surface area contributed by atoms with E-state index in [0.29, 0.717) is 36.0 Å². The van der Waals surface area contributed by atoms with E-state index in [4.69, 9.17) is 0 Å². The van der Waals surface area contributed by atoms with Crippen molar-refractivity contribution >= 4 is 10.0 Å². The molecule has 0 aromatic heterocycles. The quantitative estimate of drug-likeness (QED) is 0.299. The third-order valence-electron chi connectivity index (χ3n) is 10.1. The predicted octanol–water partition coefficient (Wildman–Crippen LogP) is 7.00. The zero-order valence-corrected chi connectivity index (χ0v) is 26.1. The van der Waals surface area contributed by atoms with Gasteiger partial charge >= 0.3 is 0 Å². The Balaban J connectivity index is 1.47. The van der Waals surface area contributed by atoms with Gasteiger partial charge in [-0.05, 0) is 119 Å². The van der Waals surface area contributed by atoms with Gasteiger partial charge in [0.1, 0.15) is 0 Å². The minimum absolute atomic E-state index is 0.227. The first-order chi connectivity index (χ1) is 18.7. The summed E-state index contributed by atoms with van der Waals surface area (Å²) >= 11 is 0. The van der Waals surface area contributed by atoms with E-state index in [9.17, 15) is 18.6 Å². The first kappa shape index (κ1) is 31.2. The SMILES string of the molecule is C=C1/C(=C\C=C2/CCC[C@]3(C)[C@@H]([C@H](C)CCCC(C)(C)O)CC[C@@H]23)C[C@@H](O)C[C@@H]1NS(=O)(=O)c1ccc(C)cc1. The first-order valence-electron chi connectivity index (χ1n) is 15.3. The highest BCUT2D eigenvalue weighted by molar-refractivity contribution is 7.89. The minimum atomic E-state index is -3.72. The van der Waals surface area contributed by atoms with Gasteiger partial charge in [0.05, 0.1) is 16.6 Å². The van der Waals surface area contributed by atoms with Crippen molar-refractivity contribution < 1.29 is 18.6 Å². The molecule has 3 fully saturated rings. The summed E-state index contributed by atoms with van der Waals surface area (Å²) in [6.45, 7) is 14.9. The fourth-order valence-corrected chi connectivity index (χ4v) is 9.10. The second kappa shape index (κ2) is 12.2. The van der Waals surface area contributed by atoms with Gasteiger partial charge in [-0.15, -0.1) is 0 Å². The monoisotopic (exact) mass is 569 g/mol. The molecule has 5 nitrogen and oxygen atoms in total. The normalized spacial score (nSPS) is 32.4. The van der Waals surface area contributed by atoms with Crippen molar-refractivity contribution in [2.45, 2.75) is 121 Å². The van der Waals surface area contributed by atoms with Gasteiger partial charge in [-0.25, -0.2) is 13.1 Å². The highest BCUT2D eigenvalue weighted by Crippen LogP contribution is 2.60. The lowest BCUT2D eigenvalue weighted by Crippen LogP contribution is -2.41. The topological polar surface area (TPSA) is 86.6 Å². The van der Waals surface area contributed by atoms with Gasteiger partial charge in [0.15, 0.2) is 0 Å². The Hall–Kier alpha value is -1.73. The highest BCUT2D eigenvalue weighted by Gasteiger charge is 2.50. The lowest BCUT2D eigenvalue weighted by molar-refractivity contribution is 0.0596. The summed E-state index contributed by atoms with van der Waals surface area (Å²) in [5.41, 5.74) is 3.89. The molecule has 0 unspecified atom stereocenters. The zero-order chi connectivity index (χ0) is 29.3. The second-order valence-electron chi connectivity index (χ2n) is 13.8. The molecule has 0 amide bonds. The molecule has 3 N–H and O–H groups in total. The van der Waals surface area contributed by atoms with Gasteiger partial charge in [0.2, 0.25) is 10.0 Å². The molecule has 0 aliphatic heterocycles. The smallest absolute Gasteiger partial charge is 0.241 e. The Bertz CT molecular complexity index is 1220. The van der Waals surface area contributed by atoms with Crippen molar-refractivity contribution in [1.82, 2.24) is 4.72 Å². The van der Waals surface area contributed by atoms with Gasteiger partial charge in [-0.3, -0.25) is 0 Å². The summed E-state index contributed by atoms with van der Waals surface area (Å²) in [7, 11) is -3.72. The molecule has 0 heterocycles. The van der Waals surface area contributed by atoms with Crippen LogP contribution in [0.1, 0.15) is 97.5 Å². The average molecular weight is 570 g/mol. The zero-order valence-electron chi connectivity index (χ0n) is 25.2. The van der Waals surface area contributed by atoms with Crippen LogP contribution in [-0.2, 0) is 10.0 Å². The summed E-state index contributed by atoms with van der Waals surface area (Å²) in [6, 6.07) is 6.28. The van der Waals surface area contributed by atoms with Gasteiger partial charge in [0.25, 0.3) is 0 Å². The molecule has 3 saturated carbocycles. The molecule has 0 bridgehead atoms. The number of aliphatic hydroxyl groups is 2.